The van der Waals surface area contributed by atoms with Crippen LogP contribution in [0.2, 0.25) is 0 Å². The molecule has 0 N–H and O–H groups in total. The van der Waals surface area contributed by atoms with Crippen molar-refractivity contribution in [1.29, 1.82) is 0 Å². The summed E-state index contributed by atoms with van der Waals surface area (Å²) in [4.78, 5) is 0. The van der Waals surface area contributed by atoms with Crippen molar-refractivity contribution in [2.45, 2.75) is 0 Å². The molecule has 0 fully saturated rings. The van der Waals surface area contributed by atoms with E-state index in [1.54, 1.807) is 0 Å². The van der Waals surface area contributed by atoms with E-state index in [0.29, 0.717) is 0 Å². The van der Waals surface area contributed by atoms with E-state index in [2.05, 4.69) is 0 Å². The van der Waals surface area contributed by atoms with Gasteiger partial charge in [-0.15, -0.1) is 120 Å². The molecule has 0 aromatic carbocycles. The average molecular weight is 900 g/mol. The first-order valence-electron chi connectivity index (χ1n) is 0. The quantitative estimate of drug-likeness (QED) is 0.173. The molecule has 0 spiro atoms. The maximum absolute atomic E-state index is 0. The molecule has 0 aliphatic heterocycles. The van der Waals surface area contributed by atoms with Crippen molar-refractivity contribution in [2.75, 3.05) is 0 Å². The molecule has 0 bridgehead atoms. The Morgan fingerprint density at radius 1 is 0.500 bits per heavy atom. The van der Waals surface area contributed by atoms with Gasteiger partial charge in [-0.25, -0.2) is 0 Å². The third kappa shape index (κ3) is 39.1. The summed E-state index contributed by atoms with van der Waals surface area (Å²) in [6.07, 6.45) is 0. The van der Waals surface area contributed by atoms with Gasteiger partial charge in [0.2, 0.25) is 0 Å². The maximum atomic E-state index is 0. The van der Waals surface area contributed by atoms with Crippen molar-refractivity contribution < 1.29 is 62.0 Å². The van der Waals surface area contributed by atoms with Crippen LogP contribution in [0.25, 0.3) is 0 Å². The van der Waals surface area contributed by atoms with Crippen LogP contribution >= 0.6 is 120 Å². The molecule has 0 aliphatic carbocycles. The normalized spacial score (nSPS) is 0. The van der Waals surface area contributed by atoms with Gasteiger partial charge in [-0.2, -0.15) is 0 Å². The summed E-state index contributed by atoms with van der Waals surface area (Å²) in [5.41, 5.74) is 0. The number of hydrogen-bond donors (Lipinski definition) is 0. The molecule has 0 unspecified atom stereocenters. The minimum atomic E-state index is 0. The molecular formula is H10BiI5Na2. The zero-order valence-corrected chi connectivity index (χ0v) is 25.9. The predicted octanol–water partition coefficient (Wildman–Crippen LogP) is -3.86. The summed E-state index contributed by atoms with van der Waals surface area (Å²) < 4.78 is 0. The van der Waals surface area contributed by atoms with Crippen molar-refractivity contribution in [3.05, 3.63) is 0 Å². The molecule has 8 heteroatoms. The summed E-state index contributed by atoms with van der Waals surface area (Å²) in [5.74, 6) is 0. The van der Waals surface area contributed by atoms with E-state index in [1.165, 1.54) is 0 Å². The Kier molecular flexibility index (Phi) is 388. The van der Waals surface area contributed by atoms with E-state index < -0.39 is 0 Å². The molecular weight excluding hydrogens is 889 g/mol. The molecule has 8 heavy (non-hydrogen) atoms. The fraction of sp³-hybridized carbons (Fsp3) is 0. The Labute approximate surface area is 202 Å². The fourth-order valence-corrected chi connectivity index (χ4v) is 0. The molecule has 0 aliphatic rings. The van der Waals surface area contributed by atoms with Gasteiger partial charge in [-0.05, 0) is 0 Å². The molecule has 0 atom stereocenters. The third-order valence-electron chi connectivity index (χ3n) is 0. The zero-order chi connectivity index (χ0) is 0. The molecule has 0 rings (SSSR count). The second-order valence-electron chi connectivity index (χ2n) is 0. The predicted molar refractivity (Wildman–Crippen MR) is 89.2 cm³/mol. The van der Waals surface area contributed by atoms with Crippen LogP contribution in [-0.2, 0) is 0 Å². The van der Waals surface area contributed by atoms with Gasteiger partial charge in [0.15, 0.2) is 0 Å². The van der Waals surface area contributed by atoms with Crippen molar-refractivity contribution in [2.24, 2.45) is 0 Å². The topological polar surface area (TPSA) is 0 Å². The van der Waals surface area contributed by atoms with E-state index in [1.807, 2.05) is 0 Å². The largest absolute Gasteiger partial charge is 1.00 e. The Morgan fingerprint density at radius 2 is 0.500 bits per heavy atom. The van der Waals surface area contributed by atoms with E-state index in [-0.39, 0.29) is 208 Å². The van der Waals surface area contributed by atoms with Crippen LogP contribution in [0.5, 0.6) is 0 Å². The van der Waals surface area contributed by atoms with Gasteiger partial charge in [0.25, 0.3) is 0 Å². The smallest absolute Gasteiger partial charge is 1.00 e. The fourth-order valence-electron chi connectivity index (χ4n) is 0. The van der Waals surface area contributed by atoms with Crippen molar-refractivity contribution in [1.82, 2.24) is 0 Å². The van der Waals surface area contributed by atoms with E-state index in [4.69, 9.17) is 0 Å². The van der Waals surface area contributed by atoms with Crippen molar-refractivity contribution >= 4 is 146 Å². The SMILES string of the molecule is I.I.I.I.I.[BiH3].[H-].[H-].[Na+].[Na+]. The molecule has 0 saturated heterocycles. The summed E-state index contributed by atoms with van der Waals surface area (Å²) in [6.45, 7) is 0. The molecule has 0 radical (unpaired) electrons. The molecule has 0 aromatic rings. The summed E-state index contributed by atoms with van der Waals surface area (Å²) in [5, 5.41) is 0. The van der Waals surface area contributed by atoms with Crippen LogP contribution in [0, 0.1) is 0 Å². The van der Waals surface area contributed by atoms with Gasteiger partial charge >= 0.3 is 85.3 Å². The minimum Gasteiger partial charge on any atom is -1.00 e. The van der Waals surface area contributed by atoms with Gasteiger partial charge in [0.05, 0.1) is 0 Å². The van der Waals surface area contributed by atoms with Crippen molar-refractivity contribution in [3.8, 4) is 0 Å². The summed E-state index contributed by atoms with van der Waals surface area (Å²) in [6, 6.07) is 0. The third-order valence-corrected chi connectivity index (χ3v) is 0. The van der Waals surface area contributed by atoms with Crippen LogP contribution in [0.4, 0.5) is 0 Å². The van der Waals surface area contributed by atoms with Gasteiger partial charge in [0.1, 0.15) is 0 Å². The van der Waals surface area contributed by atoms with Crippen LogP contribution in [0.3, 0.4) is 0 Å². The number of halogens is 5. The van der Waals surface area contributed by atoms with Gasteiger partial charge in [-0.1, -0.05) is 0 Å². The Bertz CT molecular complexity index is 17.6. The monoisotopic (exact) mass is 900 g/mol. The van der Waals surface area contributed by atoms with Crippen molar-refractivity contribution in [3.63, 3.8) is 0 Å². The molecule has 0 saturated carbocycles. The van der Waals surface area contributed by atoms with Crippen LogP contribution < -0.4 is 59.1 Å². The van der Waals surface area contributed by atoms with E-state index in [9.17, 15) is 0 Å². The van der Waals surface area contributed by atoms with Crippen LogP contribution in [0.1, 0.15) is 2.85 Å². The van der Waals surface area contributed by atoms with E-state index >= 15 is 0 Å². The van der Waals surface area contributed by atoms with Gasteiger partial charge in [0, 0.05) is 0 Å². The van der Waals surface area contributed by atoms with Gasteiger partial charge in [-0.3, -0.25) is 0 Å². The first-order chi connectivity index (χ1) is 0. The minimum absolute atomic E-state index is 0. The number of rotatable bonds is 0. The second-order valence-corrected chi connectivity index (χ2v) is 0. The zero-order valence-electron chi connectivity index (χ0n) is 6.75. The Hall–Kier alpha value is 6.53. The number of hydrogen-bond acceptors (Lipinski definition) is 0. The molecule has 0 aromatic heterocycles. The standard InChI is InChI=1S/Bi.5HI.2Na.5H/h;5*1H;;;;;;;/q;;;;;;2*+1;;;;2*-1. The second kappa shape index (κ2) is 49.8. The summed E-state index contributed by atoms with van der Waals surface area (Å²) >= 11 is 0. The molecule has 0 amide bonds. The summed E-state index contributed by atoms with van der Waals surface area (Å²) in [7, 11) is 0. The average Bonchev–Trinajstić information content (AvgIpc) is 0. The van der Waals surface area contributed by atoms with Crippen LogP contribution in [-0.4, -0.2) is 26.2 Å². The molecule has 0 nitrogen and oxygen atoms in total. The Morgan fingerprint density at radius 3 is 0.500 bits per heavy atom. The van der Waals surface area contributed by atoms with E-state index in [0.717, 1.165) is 0 Å². The maximum Gasteiger partial charge on any atom is 1.00 e. The Balaban J connectivity index is 0. The van der Waals surface area contributed by atoms with Crippen LogP contribution in [0.15, 0.2) is 0 Å². The van der Waals surface area contributed by atoms with Gasteiger partial charge < -0.3 is 2.85 Å². The molecule has 0 heterocycles. The first-order valence-corrected chi connectivity index (χ1v) is 0. The first kappa shape index (κ1) is 62.4. The molecule has 52 valence electrons.